The van der Waals surface area contributed by atoms with E-state index >= 15 is 0 Å². The minimum Gasteiger partial charge on any atom is -0.368 e. The summed E-state index contributed by atoms with van der Waals surface area (Å²) in [5.74, 6) is -0.0515. The van der Waals surface area contributed by atoms with Crippen LogP contribution >= 0.6 is 0 Å². The van der Waals surface area contributed by atoms with Crippen LogP contribution in [0.3, 0.4) is 0 Å². The van der Waals surface area contributed by atoms with E-state index in [9.17, 15) is 4.79 Å². The van der Waals surface area contributed by atoms with Crippen molar-refractivity contribution in [2.75, 3.05) is 6.61 Å². The summed E-state index contributed by atoms with van der Waals surface area (Å²) < 4.78 is 5.33. The first-order valence-corrected chi connectivity index (χ1v) is 6.13. The van der Waals surface area contributed by atoms with Gasteiger partial charge < -0.3 is 10.1 Å². The van der Waals surface area contributed by atoms with Gasteiger partial charge in [0, 0.05) is 6.61 Å². The van der Waals surface area contributed by atoms with E-state index < -0.39 is 0 Å². The Morgan fingerprint density at radius 3 is 2.78 bits per heavy atom. The van der Waals surface area contributed by atoms with E-state index in [1.807, 2.05) is 19.1 Å². The standard InChI is InChI=1S/C14H16N2O2/c1-10(12-6-4-11(9-15)5-7-12)16-14(17)13-3-2-8-18-13/h4-7,10,13H,2-3,8H2,1H3,(H,16,17). The molecule has 0 aromatic heterocycles. The van der Waals surface area contributed by atoms with Crippen molar-refractivity contribution < 1.29 is 9.53 Å². The summed E-state index contributed by atoms with van der Waals surface area (Å²) in [6.45, 7) is 2.59. The van der Waals surface area contributed by atoms with Gasteiger partial charge in [0.1, 0.15) is 6.10 Å². The van der Waals surface area contributed by atoms with Crippen molar-refractivity contribution >= 4 is 5.91 Å². The number of nitrogens with one attached hydrogen (secondary N) is 1. The second-order valence-electron chi connectivity index (χ2n) is 4.47. The smallest absolute Gasteiger partial charge is 0.249 e. The number of rotatable bonds is 3. The molecule has 1 heterocycles. The highest BCUT2D eigenvalue weighted by atomic mass is 16.5. The maximum absolute atomic E-state index is 11.9. The van der Waals surface area contributed by atoms with Gasteiger partial charge in [-0.05, 0) is 37.5 Å². The molecule has 1 aromatic rings. The van der Waals surface area contributed by atoms with E-state index in [4.69, 9.17) is 10.00 Å². The van der Waals surface area contributed by atoms with Gasteiger partial charge in [-0.3, -0.25) is 4.79 Å². The minimum absolute atomic E-state index is 0.0515. The van der Waals surface area contributed by atoms with Gasteiger partial charge >= 0.3 is 0 Å². The number of hydrogen-bond donors (Lipinski definition) is 1. The number of carbonyl (C=O) groups is 1. The second kappa shape index (κ2) is 5.65. The Hall–Kier alpha value is -1.86. The van der Waals surface area contributed by atoms with Crippen molar-refractivity contribution in [3.05, 3.63) is 35.4 Å². The highest BCUT2D eigenvalue weighted by molar-refractivity contribution is 5.81. The average molecular weight is 244 g/mol. The van der Waals surface area contributed by atoms with Crippen LogP contribution in [0.2, 0.25) is 0 Å². The quantitative estimate of drug-likeness (QED) is 0.883. The van der Waals surface area contributed by atoms with Crippen LogP contribution in [0.4, 0.5) is 0 Å². The van der Waals surface area contributed by atoms with E-state index in [1.54, 1.807) is 12.1 Å². The summed E-state index contributed by atoms with van der Waals surface area (Å²) in [5, 5.41) is 11.6. The van der Waals surface area contributed by atoms with Crippen LogP contribution in [0.25, 0.3) is 0 Å². The largest absolute Gasteiger partial charge is 0.368 e. The molecule has 94 valence electrons. The first-order valence-electron chi connectivity index (χ1n) is 6.13. The first kappa shape index (κ1) is 12.6. The zero-order valence-electron chi connectivity index (χ0n) is 10.3. The van der Waals surface area contributed by atoms with E-state index in [0.29, 0.717) is 12.2 Å². The molecule has 0 radical (unpaired) electrons. The number of amides is 1. The summed E-state index contributed by atoms with van der Waals surface area (Å²) >= 11 is 0. The van der Waals surface area contributed by atoms with Crippen LogP contribution in [-0.2, 0) is 9.53 Å². The molecule has 1 fully saturated rings. The van der Waals surface area contributed by atoms with Crippen LogP contribution < -0.4 is 5.32 Å². The zero-order chi connectivity index (χ0) is 13.0. The fourth-order valence-corrected chi connectivity index (χ4v) is 2.02. The Kier molecular flexibility index (Phi) is 3.96. The Labute approximate surface area is 107 Å². The Morgan fingerprint density at radius 1 is 1.50 bits per heavy atom. The van der Waals surface area contributed by atoms with Gasteiger partial charge in [0.2, 0.25) is 5.91 Å². The molecule has 1 aliphatic rings. The molecule has 1 amide bonds. The molecule has 1 aromatic carbocycles. The maximum Gasteiger partial charge on any atom is 0.249 e. The molecule has 1 N–H and O–H groups in total. The summed E-state index contributed by atoms with van der Waals surface area (Å²) in [5.41, 5.74) is 1.61. The molecule has 0 saturated carbocycles. The van der Waals surface area contributed by atoms with Crippen molar-refractivity contribution in [1.29, 1.82) is 5.26 Å². The number of benzene rings is 1. The molecule has 18 heavy (non-hydrogen) atoms. The lowest BCUT2D eigenvalue weighted by molar-refractivity contribution is -0.130. The van der Waals surface area contributed by atoms with Crippen LogP contribution in [0.15, 0.2) is 24.3 Å². The lowest BCUT2D eigenvalue weighted by atomic mass is 10.1. The van der Waals surface area contributed by atoms with Crippen molar-refractivity contribution in [3.63, 3.8) is 0 Å². The van der Waals surface area contributed by atoms with Gasteiger partial charge in [0.05, 0.1) is 17.7 Å². The maximum atomic E-state index is 11.9. The predicted octanol–water partition coefficient (Wildman–Crippen LogP) is 1.91. The van der Waals surface area contributed by atoms with Gasteiger partial charge in [-0.2, -0.15) is 5.26 Å². The third kappa shape index (κ3) is 2.88. The highest BCUT2D eigenvalue weighted by Crippen LogP contribution is 2.16. The van der Waals surface area contributed by atoms with Gasteiger partial charge in [-0.25, -0.2) is 0 Å². The van der Waals surface area contributed by atoms with Gasteiger partial charge in [0.25, 0.3) is 0 Å². The third-order valence-electron chi connectivity index (χ3n) is 3.12. The summed E-state index contributed by atoms with van der Waals surface area (Å²) in [4.78, 5) is 11.9. The van der Waals surface area contributed by atoms with E-state index in [-0.39, 0.29) is 18.1 Å². The number of nitrogens with zero attached hydrogens (tertiary/aromatic N) is 1. The molecule has 4 nitrogen and oxygen atoms in total. The van der Waals surface area contributed by atoms with Crippen molar-refractivity contribution in [1.82, 2.24) is 5.32 Å². The molecule has 1 aliphatic heterocycles. The van der Waals surface area contributed by atoms with E-state index in [1.165, 1.54) is 0 Å². The van der Waals surface area contributed by atoms with Crippen LogP contribution in [0.5, 0.6) is 0 Å². The third-order valence-corrected chi connectivity index (χ3v) is 3.12. The zero-order valence-corrected chi connectivity index (χ0v) is 10.3. The van der Waals surface area contributed by atoms with E-state index in [2.05, 4.69) is 11.4 Å². The molecule has 0 spiro atoms. The topological polar surface area (TPSA) is 62.1 Å². The fraction of sp³-hybridized carbons (Fsp3) is 0.429. The number of ether oxygens (including phenoxy) is 1. The summed E-state index contributed by atoms with van der Waals surface area (Å²) in [6, 6.07) is 9.22. The number of nitriles is 1. The van der Waals surface area contributed by atoms with Crippen molar-refractivity contribution in [2.45, 2.75) is 31.9 Å². The van der Waals surface area contributed by atoms with E-state index in [0.717, 1.165) is 18.4 Å². The van der Waals surface area contributed by atoms with Crippen molar-refractivity contribution in [3.8, 4) is 6.07 Å². The Morgan fingerprint density at radius 2 is 2.22 bits per heavy atom. The fourth-order valence-electron chi connectivity index (χ4n) is 2.02. The molecule has 4 heteroatoms. The van der Waals surface area contributed by atoms with Crippen LogP contribution in [-0.4, -0.2) is 18.6 Å². The first-order chi connectivity index (χ1) is 8.70. The highest BCUT2D eigenvalue weighted by Gasteiger charge is 2.24. The van der Waals surface area contributed by atoms with Gasteiger partial charge in [-0.15, -0.1) is 0 Å². The average Bonchev–Trinajstić information content (AvgIpc) is 2.92. The summed E-state index contributed by atoms with van der Waals surface area (Å²) in [6.07, 6.45) is 1.45. The lowest BCUT2D eigenvalue weighted by Gasteiger charge is -2.17. The van der Waals surface area contributed by atoms with Crippen molar-refractivity contribution in [2.24, 2.45) is 0 Å². The van der Waals surface area contributed by atoms with Crippen LogP contribution in [0, 0.1) is 11.3 Å². The minimum atomic E-state index is -0.300. The molecule has 0 bridgehead atoms. The predicted molar refractivity (Wildman–Crippen MR) is 66.7 cm³/mol. The molecular formula is C14H16N2O2. The monoisotopic (exact) mass is 244 g/mol. The molecule has 2 atom stereocenters. The van der Waals surface area contributed by atoms with Gasteiger partial charge in [0.15, 0.2) is 0 Å². The number of carbonyl (C=O) groups excluding carboxylic acids is 1. The molecule has 1 saturated heterocycles. The number of hydrogen-bond acceptors (Lipinski definition) is 3. The Balaban J connectivity index is 1.96. The molecule has 2 rings (SSSR count). The normalized spacial score (nSPS) is 20.1. The summed E-state index contributed by atoms with van der Waals surface area (Å²) in [7, 11) is 0. The van der Waals surface area contributed by atoms with Crippen LogP contribution in [0.1, 0.15) is 36.9 Å². The molecular weight excluding hydrogens is 228 g/mol. The van der Waals surface area contributed by atoms with Gasteiger partial charge in [-0.1, -0.05) is 12.1 Å². The molecule has 0 aliphatic carbocycles. The molecule has 2 unspecified atom stereocenters. The SMILES string of the molecule is CC(NC(=O)C1CCCO1)c1ccc(C#N)cc1. The second-order valence-corrected chi connectivity index (χ2v) is 4.47. The Bertz CT molecular complexity index is 456. The lowest BCUT2D eigenvalue weighted by Crippen LogP contribution is -2.35.